The maximum atomic E-state index is 13.2. The lowest BCUT2D eigenvalue weighted by atomic mass is 9.82. The molecule has 2 aromatic carbocycles. The van der Waals surface area contributed by atoms with Crippen molar-refractivity contribution >= 4 is 17.7 Å². The van der Waals surface area contributed by atoms with E-state index in [9.17, 15) is 18.8 Å². The van der Waals surface area contributed by atoms with Gasteiger partial charge in [0.1, 0.15) is 5.82 Å². The molecule has 4 rings (SSSR count). The van der Waals surface area contributed by atoms with Crippen LogP contribution in [0.2, 0.25) is 0 Å². The molecule has 0 spiro atoms. The number of nitrogens with zero attached hydrogens (tertiary/aromatic N) is 2. The van der Waals surface area contributed by atoms with Crippen LogP contribution in [0.25, 0.3) is 0 Å². The Morgan fingerprint density at radius 2 is 1.74 bits per heavy atom. The molecular formula is C24H26FN3O3. The van der Waals surface area contributed by atoms with Crippen molar-refractivity contribution in [3.05, 3.63) is 71.0 Å². The van der Waals surface area contributed by atoms with Crippen molar-refractivity contribution in [2.45, 2.75) is 44.8 Å². The number of nitrogens with one attached hydrogen (secondary N) is 1. The highest BCUT2D eigenvalue weighted by molar-refractivity contribution is 5.99. The smallest absolute Gasteiger partial charge is 0.254 e. The van der Waals surface area contributed by atoms with E-state index < -0.39 is 5.54 Å². The molecule has 0 bridgehead atoms. The number of halogens is 1. The van der Waals surface area contributed by atoms with Gasteiger partial charge in [-0.3, -0.25) is 14.4 Å². The van der Waals surface area contributed by atoms with Gasteiger partial charge in [0.25, 0.3) is 5.91 Å². The highest BCUT2D eigenvalue weighted by atomic mass is 19.1. The zero-order valence-corrected chi connectivity index (χ0v) is 17.6. The molecule has 0 unspecified atom stereocenters. The fourth-order valence-electron chi connectivity index (χ4n) is 4.58. The van der Waals surface area contributed by atoms with E-state index in [1.165, 1.54) is 12.1 Å². The van der Waals surface area contributed by atoms with Gasteiger partial charge in [0.2, 0.25) is 11.8 Å². The average Bonchev–Trinajstić information content (AvgIpc) is 3.11. The summed E-state index contributed by atoms with van der Waals surface area (Å²) in [5.41, 5.74) is 1.81. The van der Waals surface area contributed by atoms with Gasteiger partial charge in [-0.1, -0.05) is 30.3 Å². The van der Waals surface area contributed by atoms with Gasteiger partial charge in [-0.05, 0) is 42.2 Å². The molecule has 2 heterocycles. The molecule has 6 nitrogen and oxygen atoms in total. The molecule has 0 saturated carbocycles. The number of amides is 3. The summed E-state index contributed by atoms with van der Waals surface area (Å²) in [6.07, 6.45) is 1.27. The van der Waals surface area contributed by atoms with Gasteiger partial charge in [0.05, 0.1) is 12.0 Å². The molecular weight excluding hydrogens is 397 g/mol. The fraction of sp³-hybridized carbons (Fsp3) is 0.375. The van der Waals surface area contributed by atoms with E-state index in [0.29, 0.717) is 44.6 Å². The number of benzene rings is 2. The van der Waals surface area contributed by atoms with Crippen molar-refractivity contribution in [2.75, 3.05) is 13.1 Å². The van der Waals surface area contributed by atoms with Crippen LogP contribution < -0.4 is 5.32 Å². The molecule has 0 radical (unpaired) electrons. The third-order valence-electron chi connectivity index (χ3n) is 6.43. The third-order valence-corrected chi connectivity index (χ3v) is 6.43. The molecule has 3 amide bonds. The van der Waals surface area contributed by atoms with E-state index in [2.05, 4.69) is 5.32 Å². The maximum absolute atomic E-state index is 13.2. The summed E-state index contributed by atoms with van der Waals surface area (Å²) in [7, 11) is 0. The molecule has 2 aliphatic rings. The minimum absolute atomic E-state index is 0.00500. The molecule has 2 aromatic rings. The monoisotopic (exact) mass is 423 g/mol. The first-order valence-electron chi connectivity index (χ1n) is 10.5. The van der Waals surface area contributed by atoms with Gasteiger partial charge in [-0.25, -0.2) is 4.39 Å². The Morgan fingerprint density at radius 1 is 1.06 bits per heavy atom. The number of hydrogen-bond acceptors (Lipinski definition) is 3. The van der Waals surface area contributed by atoms with Crippen molar-refractivity contribution in [3.8, 4) is 0 Å². The Labute approximate surface area is 181 Å². The van der Waals surface area contributed by atoms with Crippen LogP contribution >= 0.6 is 0 Å². The summed E-state index contributed by atoms with van der Waals surface area (Å²) >= 11 is 0. The predicted molar refractivity (Wildman–Crippen MR) is 113 cm³/mol. The first kappa shape index (κ1) is 21.0. The quantitative estimate of drug-likeness (QED) is 0.804. The molecule has 7 heteroatoms. The van der Waals surface area contributed by atoms with Crippen LogP contribution in [0.15, 0.2) is 48.5 Å². The van der Waals surface area contributed by atoms with Gasteiger partial charge >= 0.3 is 0 Å². The van der Waals surface area contributed by atoms with E-state index in [1.54, 1.807) is 24.0 Å². The van der Waals surface area contributed by atoms with Gasteiger partial charge in [0.15, 0.2) is 0 Å². The summed E-state index contributed by atoms with van der Waals surface area (Å²) in [5, 5.41) is 2.90. The zero-order chi connectivity index (χ0) is 22.0. The van der Waals surface area contributed by atoms with Crippen molar-refractivity contribution < 1.29 is 18.8 Å². The number of carbonyl (C=O) groups excluding carboxylic acids is 3. The summed E-state index contributed by atoms with van der Waals surface area (Å²) in [6.45, 7) is 3.34. The van der Waals surface area contributed by atoms with E-state index in [4.69, 9.17) is 0 Å². The minimum atomic E-state index is -0.644. The topological polar surface area (TPSA) is 69.7 Å². The van der Waals surface area contributed by atoms with Gasteiger partial charge < -0.3 is 15.1 Å². The number of carbonyl (C=O) groups is 3. The summed E-state index contributed by atoms with van der Waals surface area (Å²) in [6, 6.07) is 13.5. The number of likely N-dealkylation sites (tertiary alicyclic amines) is 1. The Kier molecular flexibility index (Phi) is 5.76. The first-order valence-corrected chi connectivity index (χ1v) is 10.5. The lowest BCUT2D eigenvalue weighted by Crippen LogP contribution is -2.57. The van der Waals surface area contributed by atoms with Crippen LogP contribution in [0, 0.1) is 5.82 Å². The normalized spacial score (nSPS) is 17.4. The lowest BCUT2D eigenvalue weighted by molar-refractivity contribution is -0.132. The van der Waals surface area contributed by atoms with Crippen LogP contribution in [0.5, 0.6) is 0 Å². The Balaban J connectivity index is 1.51. The zero-order valence-electron chi connectivity index (χ0n) is 17.6. The number of rotatable bonds is 5. The molecule has 0 atom stereocenters. The van der Waals surface area contributed by atoms with Crippen LogP contribution in [0.4, 0.5) is 4.39 Å². The van der Waals surface area contributed by atoms with Crippen molar-refractivity contribution in [1.82, 2.24) is 15.1 Å². The molecule has 1 fully saturated rings. The molecule has 1 N–H and O–H groups in total. The molecule has 0 aliphatic carbocycles. The minimum Gasteiger partial charge on any atom is -0.352 e. The van der Waals surface area contributed by atoms with Crippen LogP contribution in [-0.4, -0.2) is 46.1 Å². The predicted octanol–water partition coefficient (Wildman–Crippen LogP) is 2.87. The highest BCUT2D eigenvalue weighted by Gasteiger charge is 2.47. The fourth-order valence-corrected chi connectivity index (χ4v) is 4.58. The largest absolute Gasteiger partial charge is 0.352 e. The van der Waals surface area contributed by atoms with E-state index in [0.717, 1.165) is 11.1 Å². The summed E-state index contributed by atoms with van der Waals surface area (Å²) in [4.78, 5) is 41.5. The summed E-state index contributed by atoms with van der Waals surface area (Å²) in [5.74, 6) is -0.536. The number of hydrogen-bond donors (Lipinski definition) is 1. The van der Waals surface area contributed by atoms with Crippen molar-refractivity contribution in [3.63, 3.8) is 0 Å². The van der Waals surface area contributed by atoms with Crippen LogP contribution in [0.1, 0.15) is 47.7 Å². The van der Waals surface area contributed by atoms with E-state index in [-0.39, 0.29) is 30.0 Å². The van der Waals surface area contributed by atoms with E-state index >= 15 is 0 Å². The van der Waals surface area contributed by atoms with Crippen molar-refractivity contribution in [1.29, 1.82) is 0 Å². The van der Waals surface area contributed by atoms with Gasteiger partial charge in [-0.2, -0.15) is 0 Å². The van der Waals surface area contributed by atoms with Crippen LogP contribution in [0.3, 0.4) is 0 Å². The highest BCUT2D eigenvalue weighted by Crippen LogP contribution is 2.38. The Morgan fingerprint density at radius 3 is 2.39 bits per heavy atom. The molecule has 2 aliphatic heterocycles. The lowest BCUT2D eigenvalue weighted by Gasteiger charge is -2.47. The number of piperidine rings is 1. The molecule has 0 aromatic heterocycles. The second kappa shape index (κ2) is 8.49. The van der Waals surface area contributed by atoms with Gasteiger partial charge in [0, 0.05) is 38.7 Å². The number of fused-ring (bicyclic) bond motifs is 1. The summed E-state index contributed by atoms with van der Waals surface area (Å²) < 4.78 is 13.1. The van der Waals surface area contributed by atoms with Crippen molar-refractivity contribution in [2.24, 2.45) is 0 Å². The Hall–Kier alpha value is -3.22. The molecule has 1 saturated heterocycles. The second-order valence-corrected chi connectivity index (χ2v) is 8.36. The first-order chi connectivity index (χ1) is 14.9. The third kappa shape index (κ3) is 4.31. The standard InChI is InChI=1S/C24H26FN3O3/c1-17(29)27-12-10-24(11-13-27,28-16-19-4-2-3-5-21(19)23(28)31)14-22(30)26-15-18-6-8-20(25)9-7-18/h2-9H,10-16H2,1H3,(H,26,30). The van der Waals surface area contributed by atoms with Gasteiger partial charge in [-0.15, -0.1) is 0 Å². The second-order valence-electron chi connectivity index (χ2n) is 8.36. The average molecular weight is 423 g/mol. The van der Waals surface area contributed by atoms with E-state index in [1.807, 2.05) is 29.2 Å². The molecule has 31 heavy (non-hydrogen) atoms. The van der Waals surface area contributed by atoms with Crippen LogP contribution in [-0.2, 0) is 22.7 Å². The SMILES string of the molecule is CC(=O)N1CCC(CC(=O)NCc2ccc(F)cc2)(N2Cc3ccccc3C2=O)CC1. The Bertz CT molecular complexity index is 997. The maximum Gasteiger partial charge on any atom is 0.254 e. The molecule has 162 valence electrons.